The lowest BCUT2D eigenvalue weighted by Crippen LogP contribution is -2.30. The van der Waals surface area contributed by atoms with Gasteiger partial charge in [0.25, 0.3) is 0 Å². The van der Waals surface area contributed by atoms with Crippen LogP contribution in [0.3, 0.4) is 0 Å². The van der Waals surface area contributed by atoms with Crippen LogP contribution < -0.4 is 5.32 Å². The highest BCUT2D eigenvalue weighted by molar-refractivity contribution is 9.10. The molecule has 1 aromatic rings. The molecule has 0 aliphatic carbocycles. The molecule has 1 N–H and O–H groups in total. The minimum Gasteiger partial charge on any atom is -0.383 e. The Kier molecular flexibility index (Phi) is 2.12. The van der Waals surface area contributed by atoms with Crippen LogP contribution in [0.5, 0.6) is 0 Å². The predicted molar refractivity (Wildman–Crippen MR) is 56.7 cm³/mol. The van der Waals surface area contributed by atoms with Crippen molar-refractivity contribution in [2.45, 2.75) is 11.8 Å². The van der Waals surface area contributed by atoms with Crippen molar-refractivity contribution >= 4 is 27.4 Å². The average Bonchev–Trinajstić information content (AvgIpc) is 2.12. The summed E-state index contributed by atoms with van der Waals surface area (Å²) in [5.41, 5.74) is 2.92. The van der Waals surface area contributed by atoms with E-state index in [4.69, 9.17) is 0 Å². The van der Waals surface area contributed by atoms with Crippen molar-refractivity contribution in [2.75, 3.05) is 11.9 Å². The summed E-state index contributed by atoms with van der Waals surface area (Å²) in [5, 5.41) is 3.24. The van der Waals surface area contributed by atoms with Crippen LogP contribution in [0.2, 0.25) is 0 Å². The first-order valence-corrected chi connectivity index (χ1v) is 5.13. The van der Waals surface area contributed by atoms with Gasteiger partial charge in [0.1, 0.15) is 0 Å². The largest absolute Gasteiger partial charge is 0.383 e. The van der Waals surface area contributed by atoms with Gasteiger partial charge < -0.3 is 5.32 Å². The topological polar surface area (TPSA) is 29.1 Å². The van der Waals surface area contributed by atoms with Crippen molar-refractivity contribution in [2.24, 2.45) is 0 Å². The molecule has 13 heavy (non-hydrogen) atoms. The molecule has 1 atom stereocenters. The zero-order chi connectivity index (χ0) is 9.42. The smallest absolute Gasteiger partial charge is 0.180 e. The molecule has 0 amide bonds. The summed E-state index contributed by atoms with van der Waals surface area (Å²) in [5.74, 6) is 0.178. The maximum Gasteiger partial charge on any atom is 0.180 e. The fourth-order valence-electron chi connectivity index (χ4n) is 1.56. The molecule has 1 unspecified atom stereocenters. The highest BCUT2D eigenvalue weighted by Gasteiger charge is 2.25. The van der Waals surface area contributed by atoms with E-state index in [0.29, 0.717) is 6.54 Å². The van der Waals surface area contributed by atoms with Crippen LogP contribution in [0.25, 0.3) is 0 Å². The van der Waals surface area contributed by atoms with Crippen LogP contribution in [0, 0.1) is 6.92 Å². The summed E-state index contributed by atoms with van der Waals surface area (Å²) in [6.07, 6.45) is 0. The molecule has 1 heterocycles. The second-order valence-corrected chi connectivity index (χ2v) is 4.32. The number of Topliss-reactive ketones (excluding diaryl/α,β-unsaturated/α-hetero) is 1. The molecular formula is C10H10BrNO. The van der Waals surface area contributed by atoms with E-state index in [-0.39, 0.29) is 10.6 Å². The van der Waals surface area contributed by atoms with E-state index in [0.717, 1.165) is 16.8 Å². The maximum absolute atomic E-state index is 11.7. The van der Waals surface area contributed by atoms with E-state index in [9.17, 15) is 4.79 Å². The molecule has 68 valence electrons. The summed E-state index contributed by atoms with van der Waals surface area (Å²) >= 11 is 3.34. The first kappa shape index (κ1) is 8.75. The molecule has 2 rings (SSSR count). The third-order valence-electron chi connectivity index (χ3n) is 2.28. The molecule has 3 heteroatoms. The third-order valence-corrected chi connectivity index (χ3v) is 3.02. The van der Waals surface area contributed by atoms with Crippen LogP contribution in [-0.4, -0.2) is 17.2 Å². The van der Waals surface area contributed by atoms with E-state index in [1.54, 1.807) is 0 Å². The number of anilines is 1. The summed E-state index contributed by atoms with van der Waals surface area (Å²) < 4.78 is 0. The number of halogens is 1. The van der Waals surface area contributed by atoms with Crippen molar-refractivity contribution < 1.29 is 4.79 Å². The fraction of sp³-hybridized carbons (Fsp3) is 0.300. The molecule has 2 nitrogen and oxygen atoms in total. The average molecular weight is 240 g/mol. The summed E-state index contributed by atoms with van der Waals surface area (Å²) in [7, 11) is 0. The van der Waals surface area contributed by atoms with Gasteiger partial charge in [-0.2, -0.15) is 0 Å². The summed E-state index contributed by atoms with van der Waals surface area (Å²) in [4.78, 5) is 11.6. The van der Waals surface area contributed by atoms with E-state index in [2.05, 4.69) is 21.2 Å². The number of ketones is 1. The van der Waals surface area contributed by atoms with E-state index < -0.39 is 0 Å². The lowest BCUT2D eigenvalue weighted by molar-refractivity contribution is 0.0992. The van der Waals surface area contributed by atoms with Crippen LogP contribution in [0.15, 0.2) is 18.2 Å². The third kappa shape index (κ3) is 1.37. The van der Waals surface area contributed by atoms with Gasteiger partial charge in [-0.05, 0) is 18.6 Å². The molecule has 1 aliphatic heterocycles. The normalized spacial score (nSPS) is 20.8. The Balaban J connectivity index is 2.55. The number of rotatable bonds is 0. The highest BCUT2D eigenvalue weighted by atomic mass is 79.9. The minimum absolute atomic E-state index is 0.0817. The first-order chi connectivity index (χ1) is 6.20. The predicted octanol–water partition coefficient (Wildman–Crippen LogP) is 2.37. The standard InChI is InChI=1S/C10H10BrNO/c1-6-3-2-4-7-9(6)12-5-8(11)10(7)13/h2-4,8,12H,5H2,1H3. The van der Waals surface area contributed by atoms with Crippen molar-refractivity contribution in [3.05, 3.63) is 29.3 Å². The number of benzene rings is 1. The molecule has 0 saturated heterocycles. The Morgan fingerprint density at radius 1 is 1.54 bits per heavy atom. The SMILES string of the molecule is Cc1cccc2c1NCC(Br)C2=O. The van der Waals surface area contributed by atoms with Crippen molar-refractivity contribution in [3.8, 4) is 0 Å². The molecule has 0 radical (unpaired) electrons. The van der Waals surface area contributed by atoms with Gasteiger partial charge in [0.05, 0.1) is 4.83 Å². The number of carbonyl (C=O) groups excluding carboxylic acids is 1. The fourth-order valence-corrected chi connectivity index (χ4v) is 1.97. The molecule has 0 aromatic heterocycles. The quantitative estimate of drug-likeness (QED) is 0.705. The Labute approximate surface area is 85.5 Å². The number of carbonyl (C=O) groups is 1. The molecule has 0 fully saturated rings. The number of alkyl halides is 1. The number of fused-ring (bicyclic) bond motifs is 1. The number of hydrogen-bond donors (Lipinski definition) is 1. The monoisotopic (exact) mass is 239 g/mol. The van der Waals surface area contributed by atoms with Gasteiger partial charge in [-0.3, -0.25) is 4.79 Å². The second-order valence-electron chi connectivity index (χ2n) is 3.21. The Morgan fingerprint density at radius 2 is 2.31 bits per heavy atom. The molecule has 1 aromatic carbocycles. The molecule has 1 aliphatic rings. The Bertz CT molecular complexity index is 362. The van der Waals surface area contributed by atoms with E-state index in [1.165, 1.54) is 0 Å². The van der Waals surface area contributed by atoms with Crippen LogP contribution in [0.1, 0.15) is 15.9 Å². The van der Waals surface area contributed by atoms with Gasteiger partial charge in [-0.1, -0.05) is 28.1 Å². The van der Waals surface area contributed by atoms with Gasteiger partial charge in [0.15, 0.2) is 5.78 Å². The van der Waals surface area contributed by atoms with E-state index >= 15 is 0 Å². The van der Waals surface area contributed by atoms with Gasteiger partial charge in [-0.25, -0.2) is 0 Å². The summed E-state index contributed by atoms with van der Waals surface area (Å²) in [6.45, 7) is 2.68. The second kappa shape index (κ2) is 3.14. The molecule has 0 spiro atoms. The molecule has 0 saturated carbocycles. The van der Waals surface area contributed by atoms with Crippen LogP contribution >= 0.6 is 15.9 Å². The van der Waals surface area contributed by atoms with Crippen LogP contribution in [0.4, 0.5) is 5.69 Å². The van der Waals surface area contributed by atoms with Crippen molar-refractivity contribution in [1.29, 1.82) is 0 Å². The lowest BCUT2D eigenvalue weighted by Gasteiger charge is -2.22. The van der Waals surface area contributed by atoms with Crippen LogP contribution in [-0.2, 0) is 0 Å². The zero-order valence-corrected chi connectivity index (χ0v) is 8.89. The van der Waals surface area contributed by atoms with Gasteiger partial charge in [0, 0.05) is 17.8 Å². The van der Waals surface area contributed by atoms with E-state index in [1.807, 2.05) is 25.1 Å². The van der Waals surface area contributed by atoms with Crippen molar-refractivity contribution in [3.63, 3.8) is 0 Å². The number of aryl methyl sites for hydroxylation is 1. The maximum atomic E-state index is 11.7. The highest BCUT2D eigenvalue weighted by Crippen LogP contribution is 2.27. The first-order valence-electron chi connectivity index (χ1n) is 4.22. The number of para-hydroxylation sites is 1. The van der Waals surface area contributed by atoms with Gasteiger partial charge in [-0.15, -0.1) is 0 Å². The minimum atomic E-state index is -0.0817. The van der Waals surface area contributed by atoms with Crippen molar-refractivity contribution in [1.82, 2.24) is 0 Å². The number of nitrogens with one attached hydrogen (secondary N) is 1. The summed E-state index contributed by atoms with van der Waals surface area (Å²) in [6, 6.07) is 5.79. The Morgan fingerprint density at radius 3 is 3.08 bits per heavy atom. The molecule has 0 bridgehead atoms. The lowest BCUT2D eigenvalue weighted by atomic mass is 9.99. The molecular weight excluding hydrogens is 230 g/mol. The number of hydrogen-bond acceptors (Lipinski definition) is 2. The zero-order valence-electron chi connectivity index (χ0n) is 7.30. The van der Waals surface area contributed by atoms with Gasteiger partial charge in [0.2, 0.25) is 0 Å². The Hall–Kier alpha value is -0.830. The van der Waals surface area contributed by atoms with Gasteiger partial charge >= 0.3 is 0 Å².